The topological polar surface area (TPSA) is 83.8 Å². The van der Waals surface area contributed by atoms with E-state index in [1.165, 1.54) is 4.57 Å². The summed E-state index contributed by atoms with van der Waals surface area (Å²) in [5, 5.41) is 9.56. The predicted molar refractivity (Wildman–Crippen MR) is 84.5 cm³/mol. The van der Waals surface area contributed by atoms with Crippen molar-refractivity contribution in [2.45, 2.75) is 19.9 Å². The largest absolute Gasteiger partial charge is 0.394 e. The van der Waals surface area contributed by atoms with Gasteiger partial charge in [0, 0.05) is 5.56 Å². The summed E-state index contributed by atoms with van der Waals surface area (Å²) in [5.41, 5.74) is 2.25. The first-order valence-electron chi connectivity index (χ1n) is 7.25. The first kappa shape index (κ1) is 14.5. The van der Waals surface area contributed by atoms with E-state index in [0.29, 0.717) is 17.0 Å². The zero-order valence-electron chi connectivity index (χ0n) is 12.5. The molecule has 0 aliphatic carbocycles. The molecule has 2 heterocycles. The summed E-state index contributed by atoms with van der Waals surface area (Å²) in [7, 11) is 0. The summed E-state index contributed by atoms with van der Waals surface area (Å²) >= 11 is 0. The van der Waals surface area contributed by atoms with Crippen LogP contribution in [0.5, 0.6) is 0 Å². The zero-order valence-corrected chi connectivity index (χ0v) is 12.5. The maximum atomic E-state index is 12.2. The van der Waals surface area contributed by atoms with Gasteiger partial charge in [0.25, 0.3) is 0 Å². The van der Waals surface area contributed by atoms with Crippen LogP contribution in [0.3, 0.4) is 0 Å². The molecule has 0 amide bonds. The number of aliphatic hydroxyl groups excluding tert-OH is 1. The van der Waals surface area contributed by atoms with Gasteiger partial charge in [0.1, 0.15) is 0 Å². The third-order valence-corrected chi connectivity index (χ3v) is 3.78. The Balaban J connectivity index is 2.15. The van der Waals surface area contributed by atoms with E-state index < -0.39 is 0 Å². The van der Waals surface area contributed by atoms with Gasteiger partial charge >= 0.3 is 5.69 Å². The van der Waals surface area contributed by atoms with E-state index in [1.807, 2.05) is 44.2 Å². The molecule has 1 atom stereocenters. The van der Waals surface area contributed by atoms with Crippen LogP contribution < -0.4 is 5.69 Å². The van der Waals surface area contributed by atoms with E-state index in [-0.39, 0.29) is 24.3 Å². The van der Waals surface area contributed by atoms with Gasteiger partial charge in [0.2, 0.25) is 0 Å². The Morgan fingerprint density at radius 3 is 2.64 bits per heavy atom. The summed E-state index contributed by atoms with van der Waals surface area (Å²) in [4.78, 5) is 23.8. The molecule has 0 fully saturated rings. The Bertz CT molecular complexity index is 836. The standard InChI is InChI=1S/C16H18N4O2/c1-10(2)13(9-21)20-15-14(19-16(20)22)18-12(8-17-15)11-6-4-3-5-7-11/h3-8,10,13,21H,9H2,1-2H3,(H,18,19,22)/t13-/m1/s1. The molecule has 0 aliphatic rings. The van der Waals surface area contributed by atoms with Gasteiger partial charge in [-0.15, -0.1) is 0 Å². The summed E-state index contributed by atoms with van der Waals surface area (Å²) in [5.74, 6) is 0.109. The maximum Gasteiger partial charge on any atom is 0.329 e. The Kier molecular flexibility index (Phi) is 3.77. The van der Waals surface area contributed by atoms with Gasteiger partial charge in [-0.1, -0.05) is 44.2 Å². The Morgan fingerprint density at radius 2 is 2.00 bits per heavy atom. The molecule has 6 nitrogen and oxygen atoms in total. The molecule has 1 aromatic carbocycles. The van der Waals surface area contributed by atoms with Gasteiger partial charge < -0.3 is 5.11 Å². The van der Waals surface area contributed by atoms with Crippen LogP contribution in [0, 0.1) is 5.92 Å². The molecule has 0 unspecified atom stereocenters. The van der Waals surface area contributed by atoms with Crippen LogP contribution >= 0.6 is 0 Å². The number of benzene rings is 1. The van der Waals surface area contributed by atoms with Crippen LogP contribution in [0.25, 0.3) is 22.6 Å². The number of hydrogen-bond acceptors (Lipinski definition) is 4. The molecule has 2 N–H and O–H groups in total. The minimum atomic E-state index is -0.321. The fourth-order valence-corrected chi connectivity index (χ4v) is 2.55. The fourth-order valence-electron chi connectivity index (χ4n) is 2.55. The van der Waals surface area contributed by atoms with Crippen LogP contribution in [0.1, 0.15) is 19.9 Å². The highest BCUT2D eigenvalue weighted by Crippen LogP contribution is 2.21. The molecule has 6 heteroatoms. The number of rotatable bonds is 4. The molecule has 22 heavy (non-hydrogen) atoms. The third-order valence-electron chi connectivity index (χ3n) is 3.78. The Labute approximate surface area is 127 Å². The minimum absolute atomic E-state index is 0.109. The smallest absolute Gasteiger partial charge is 0.329 e. The van der Waals surface area contributed by atoms with Gasteiger partial charge in [0.05, 0.1) is 24.5 Å². The minimum Gasteiger partial charge on any atom is -0.394 e. The quantitative estimate of drug-likeness (QED) is 0.771. The first-order valence-corrected chi connectivity index (χ1v) is 7.25. The average molecular weight is 298 g/mol. The van der Waals surface area contributed by atoms with Gasteiger partial charge in [-0.05, 0) is 5.92 Å². The molecule has 0 spiro atoms. The lowest BCUT2D eigenvalue weighted by Gasteiger charge is -2.19. The van der Waals surface area contributed by atoms with Crippen molar-refractivity contribution in [2.24, 2.45) is 5.92 Å². The van der Waals surface area contributed by atoms with E-state index in [9.17, 15) is 9.90 Å². The lowest BCUT2D eigenvalue weighted by atomic mass is 10.1. The second-order valence-corrected chi connectivity index (χ2v) is 5.59. The van der Waals surface area contributed by atoms with Crippen LogP contribution in [-0.2, 0) is 0 Å². The number of nitrogens with one attached hydrogen (secondary N) is 1. The van der Waals surface area contributed by atoms with Crippen molar-refractivity contribution in [2.75, 3.05) is 6.61 Å². The van der Waals surface area contributed by atoms with Crippen LogP contribution in [0.2, 0.25) is 0 Å². The van der Waals surface area contributed by atoms with Crippen molar-refractivity contribution in [3.63, 3.8) is 0 Å². The fraction of sp³-hybridized carbons (Fsp3) is 0.312. The molecule has 3 rings (SSSR count). The lowest BCUT2D eigenvalue weighted by Crippen LogP contribution is -2.28. The number of fused-ring (bicyclic) bond motifs is 1. The predicted octanol–water partition coefficient (Wildman–Crippen LogP) is 1.98. The van der Waals surface area contributed by atoms with Crippen molar-refractivity contribution >= 4 is 11.3 Å². The van der Waals surface area contributed by atoms with Crippen molar-refractivity contribution in [1.29, 1.82) is 0 Å². The molecule has 0 aliphatic heterocycles. The second kappa shape index (κ2) is 5.73. The van der Waals surface area contributed by atoms with E-state index in [2.05, 4.69) is 15.0 Å². The number of hydrogen-bond donors (Lipinski definition) is 2. The number of imidazole rings is 1. The Hall–Kier alpha value is -2.47. The number of aromatic amines is 1. The normalized spacial score (nSPS) is 12.9. The number of aliphatic hydroxyl groups is 1. The van der Waals surface area contributed by atoms with Crippen molar-refractivity contribution in [1.82, 2.24) is 19.5 Å². The number of H-pyrrole nitrogens is 1. The molecule has 114 valence electrons. The van der Waals surface area contributed by atoms with Gasteiger partial charge in [-0.25, -0.2) is 14.8 Å². The first-order chi connectivity index (χ1) is 10.6. The molecular weight excluding hydrogens is 280 g/mol. The molecule has 0 bridgehead atoms. The van der Waals surface area contributed by atoms with Crippen LogP contribution in [0.4, 0.5) is 0 Å². The number of aromatic nitrogens is 4. The van der Waals surface area contributed by atoms with Gasteiger partial charge in [0.15, 0.2) is 11.3 Å². The molecular formula is C16H18N4O2. The highest BCUT2D eigenvalue weighted by atomic mass is 16.3. The van der Waals surface area contributed by atoms with E-state index in [4.69, 9.17) is 0 Å². The Morgan fingerprint density at radius 1 is 1.27 bits per heavy atom. The molecule has 3 aromatic rings. The highest BCUT2D eigenvalue weighted by molar-refractivity contribution is 5.70. The third kappa shape index (κ3) is 2.42. The van der Waals surface area contributed by atoms with Crippen LogP contribution in [-0.4, -0.2) is 31.2 Å². The average Bonchev–Trinajstić information content (AvgIpc) is 2.84. The lowest BCUT2D eigenvalue weighted by molar-refractivity contribution is 0.193. The van der Waals surface area contributed by atoms with E-state index in [0.717, 1.165) is 5.56 Å². The van der Waals surface area contributed by atoms with Gasteiger partial charge in [-0.3, -0.25) is 9.55 Å². The molecule has 0 radical (unpaired) electrons. The van der Waals surface area contributed by atoms with Crippen molar-refractivity contribution < 1.29 is 5.11 Å². The van der Waals surface area contributed by atoms with Gasteiger partial charge in [-0.2, -0.15) is 0 Å². The van der Waals surface area contributed by atoms with E-state index in [1.54, 1.807) is 6.20 Å². The number of nitrogens with zero attached hydrogens (tertiary/aromatic N) is 3. The van der Waals surface area contributed by atoms with Crippen LogP contribution in [0.15, 0.2) is 41.3 Å². The summed E-state index contributed by atoms with van der Waals surface area (Å²) < 4.78 is 1.49. The summed E-state index contributed by atoms with van der Waals surface area (Å²) in [6.45, 7) is 3.79. The van der Waals surface area contributed by atoms with Crippen molar-refractivity contribution in [3.8, 4) is 11.3 Å². The summed E-state index contributed by atoms with van der Waals surface area (Å²) in [6, 6.07) is 9.34. The summed E-state index contributed by atoms with van der Waals surface area (Å²) in [6.07, 6.45) is 1.65. The monoisotopic (exact) mass is 298 g/mol. The second-order valence-electron chi connectivity index (χ2n) is 5.59. The van der Waals surface area contributed by atoms with Crippen molar-refractivity contribution in [3.05, 3.63) is 47.0 Å². The molecule has 0 saturated carbocycles. The SMILES string of the molecule is CC(C)[C@@H](CO)n1c(=O)[nH]c2nc(-c3ccccc3)cnc21. The molecule has 2 aromatic heterocycles. The highest BCUT2D eigenvalue weighted by Gasteiger charge is 2.21. The van der Waals surface area contributed by atoms with E-state index >= 15 is 0 Å². The maximum absolute atomic E-state index is 12.2. The molecule has 0 saturated heterocycles. The zero-order chi connectivity index (χ0) is 15.7.